The first-order valence-corrected chi connectivity index (χ1v) is 5.91. The van der Waals surface area contributed by atoms with Crippen LogP contribution in [0.3, 0.4) is 0 Å². The van der Waals surface area contributed by atoms with Gasteiger partial charge in [0.1, 0.15) is 23.3 Å². The second kappa shape index (κ2) is 3.91. The first-order chi connectivity index (χ1) is 8.29. The second-order valence-corrected chi connectivity index (χ2v) is 4.74. The van der Waals surface area contributed by atoms with E-state index in [0.717, 1.165) is 23.0 Å². The normalized spacial score (nSPS) is 11.8. The highest BCUT2D eigenvalue weighted by molar-refractivity contribution is 7.86. The van der Waals surface area contributed by atoms with Crippen molar-refractivity contribution in [1.82, 2.24) is 14.2 Å². The molecule has 18 heavy (non-hydrogen) atoms. The lowest BCUT2D eigenvalue weighted by atomic mass is 10.5. The zero-order valence-electron chi connectivity index (χ0n) is 8.65. The number of fused-ring (bicyclic) bond motifs is 1. The molecule has 0 aliphatic heterocycles. The Labute approximate surface area is 99.1 Å². The fourth-order valence-corrected chi connectivity index (χ4v) is 1.89. The Morgan fingerprint density at radius 3 is 2.72 bits per heavy atom. The molecule has 0 saturated carbocycles. The van der Waals surface area contributed by atoms with E-state index in [1.165, 1.54) is 0 Å². The second-order valence-electron chi connectivity index (χ2n) is 3.39. The van der Waals surface area contributed by atoms with Crippen molar-refractivity contribution in [2.24, 2.45) is 0 Å². The lowest BCUT2D eigenvalue weighted by Crippen LogP contribution is -2.27. The lowest BCUT2D eigenvalue weighted by Gasteiger charge is -2.00. The third-order valence-electron chi connectivity index (χ3n) is 2.16. The molecule has 0 amide bonds. The minimum absolute atomic E-state index is 0.178. The minimum Gasteiger partial charge on any atom is -0.480 e. The molecule has 1 N–H and O–H groups in total. The Hall–Kier alpha value is -2.23. The van der Waals surface area contributed by atoms with Gasteiger partial charge in [-0.05, 0) is 6.07 Å². The number of nitrogens with zero attached hydrogens (tertiary/aromatic N) is 3. The van der Waals surface area contributed by atoms with Gasteiger partial charge in [0.15, 0.2) is 0 Å². The average molecular weight is 275 g/mol. The molecule has 2 heterocycles. The number of aromatic nitrogens is 3. The van der Waals surface area contributed by atoms with Crippen molar-refractivity contribution in [2.45, 2.75) is 11.4 Å². The summed E-state index contributed by atoms with van der Waals surface area (Å²) in [5, 5.41) is 12.0. The van der Waals surface area contributed by atoms with Crippen LogP contribution in [0.2, 0.25) is 0 Å². The summed E-state index contributed by atoms with van der Waals surface area (Å²) >= 11 is 0. The number of rotatable bonds is 3. The first kappa shape index (κ1) is 12.2. The largest absolute Gasteiger partial charge is 0.480 e. The number of halogens is 1. The Bertz CT molecular complexity index is 791. The molecule has 0 fully saturated rings. The van der Waals surface area contributed by atoms with Crippen molar-refractivity contribution in [1.29, 1.82) is 0 Å². The zero-order valence-corrected chi connectivity index (χ0v) is 9.46. The van der Waals surface area contributed by atoms with Crippen LogP contribution < -0.4 is 5.56 Å². The quantitative estimate of drug-likeness (QED) is 0.737. The highest BCUT2D eigenvalue weighted by Crippen LogP contribution is 2.14. The van der Waals surface area contributed by atoms with Crippen molar-refractivity contribution in [3.05, 3.63) is 28.9 Å². The van der Waals surface area contributed by atoms with E-state index < -0.39 is 33.2 Å². The van der Waals surface area contributed by atoms with Crippen molar-refractivity contribution < 1.29 is 22.2 Å². The van der Waals surface area contributed by atoms with Gasteiger partial charge in [-0.3, -0.25) is 14.0 Å². The molecule has 0 aliphatic carbocycles. The predicted molar refractivity (Wildman–Crippen MR) is 55.4 cm³/mol. The Kier molecular flexibility index (Phi) is 2.66. The van der Waals surface area contributed by atoms with Crippen LogP contribution >= 0.6 is 0 Å². The molecular weight excluding hydrogens is 269 g/mol. The summed E-state index contributed by atoms with van der Waals surface area (Å²) in [5.41, 5.74) is -1.00. The van der Waals surface area contributed by atoms with Gasteiger partial charge >= 0.3 is 16.2 Å². The summed E-state index contributed by atoms with van der Waals surface area (Å²) in [6.07, 6.45) is 1.90. The average Bonchev–Trinajstić information content (AvgIpc) is 2.66. The molecule has 0 aromatic carbocycles. The number of aliphatic carboxylic acids is 1. The van der Waals surface area contributed by atoms with Crippen LogP contribution in [-0.4, -0.2) is 33.7 Å². The molecule has 0 radical (unpaired) electrons. The summed E-state index contributed by atoms with van der Waals surface area (Å²) < 4.78 is 35.7. The maximum atomic E-state index is 12.7. The summed E-state index contributed by atoms with van der Waals surface area (Å²) in [6.45, 7) is -0.668. The number of carbonyl (C=O) groups is 1. The molecule has 10 heteroatoms. The van der Waals surface area contributed by atoms with Gasteiger partial charge < -0.3 is 5.11 Å². The fraction of sp³-hybridized carbons (Fsp3) is 0.125. The third-order valence-corrected chi connectivity index (χ3v) is 2.95. The Balaban J connectivity index is 2.68. The van der Waals surface area contributed by atoms with E-state index in [4.69, 9.17) is 5.11 Å². The molecule has 0 spiro atoms. The number of hydrogen-bond donors (Lipinski definition) is 1. The van der Waals surface area contributed by atoms with Crippen LogP contribution in [0.1, 0.15) is 0 Å². The highest BCUT2D eigenvalue weighted by atomic mass is 32.3. The van der Waals surface area contributed by atoms with E-state index in [1.54, 1.807) is 0 Å². The van der Waals surface area contributed by atoms with Crippen LogP contribution in [0.25, 0.3) is 5.52 Å². The van der Waals surface area contributed by atoms with Crippen molar-refractivity contribution >= 4 is 21.7 Å². The highest BCUT2D eigenvalue weighted by Gasteiger charge is 2.17. The first-order valence-electron chi connectivity index (χ1n) is 4.53. The molecule has 0 aliphatic rings. The van der Waals surface area contributed by atoms with E-state index in [-0.39, 0.29) is 5.52 Å². The molecule has 0 saturated heterocycles. The lowest BCUT2D eigenvalue weighted by molar-refractivity contribution is -0.138. The molecular formula is C8H6FN3O5S. The van der Waals surface area contributed by atoms with Gasteiger partial charge in [-0.15, -0.1) is 3.89 Å². The molecule has 2 aromatic rings. The van der Waals surface area contributed by atoms with Crippen LogP contribution in [0.4, 0.5) is 3.89 Å². The van der Waals surface area contributed by atoms with Gasteiger partial charge in [0.05, 0.1) is 0 Å². The van der Waals surface area contributed by atoms with Gasteiger partial charge in [0.2, 0.25) is 0 Å². The molecule has 0 bridgehead atoms. The van der Waals surface area contributed by atoms with Crippen LogP contribution in [0.5, 0.6) is 0 Å². The molecule has 2 rings (SSSR count). The van der Waals surface area contributed by atoms with E-state index in [2.05, 4.69) is 5.10 Å². The zero-order chi connectivity index (χ0) is 13.5. The standard InChI is InChI=1S/C8H6FN3O5S/c9-18(16,17)5-1-6-8(15)12(3-7(13)14)10-4-11(6)2-5/h1-2,4H,3H2,(H,13,14). The molecule has 96 valence electrons. The van der Waals surface area contributed by atoms with Gasteiger partial charge in [0, 0.05) is 6.20 Å². The van der Waals surface area contributed by atoms with Crippen LogP contribution in [-0.2, 0) is 21.6 Å². The molecule has 2 aromatic heterocycles. The van der Waals surface area contributed by atoms with Crippen LogP contribution in [0, 0.1) is 0 Å². The van der Waals surface area contributed by atoms with E-state index in [9.17, 15) is 21.9 Å². The fourth-order valence-electron chi connectivity index (χ4n) is 1.40. The van der Waals surface area contributed by atoms with Gasteiger partial charge in [-0.1, -0.05) is 0 Å². The smallest absolute Gasteiger partial charge is 0.333 e. The maximum absolute atomic E-state index is 12.7. The number of hydrogen-bond acceptors (Lipinski definition) is 5. The van der Waals surface area contributed by atoms with Gasteiger partial charge in [0.25, 0.3) is 5.56 Å². The van der Waals surface area contributed by atoms with Gasteiger partial charge in [-0.2, -0.15) is 13.5 Å². The summed E-state index contributed by atoms with van der Waals surface area (Å²) in [4.78, 5) is 21.5. The number of carboxylic acids is 1. The summed E-state index contributed by atoms with van der Waals surface area (Å²) in [5.74, 6) is -1.28. The summed E-state index contributed by atoms with van der Waals surface area (Å²) in [7, 11) is -4.93. The topological polar surface area (TPSA) is 111 Å². The molecule has 8 nitrogen and oxygen atoms in total. The Morgan fingerprint density at radius 1 is 1.50 bits per heavy atom. The van der Waals surface area contributed by atoms with E-state index in [1.807, 2.05) is 0 Å². The SMILES string of the molecule is O=C(O)Cn1ncn2cc(S(=O)(=O)F)cc2c1=O. The van der Waals surface area contributed by atoms with E-state index >= 15 is 0 Å². The minimum atomic E-state index is -4.93. The van der Waals surface area contributed by atoms with Crippen molar-refractivity contribution in [2.75, 3.05) is 0 Å². The van der Waals surface area contributed by atoms with Crippen molar-refractivity contribution in [3.8, 4) is 0 Å². The van der Waals surface area contributed by atoms with E-state index in [0.29, 0.717) is 4.68 Å². The maximum Gasteiger partial charge on any atom is 0.333 e. The monoisotopic (exact) mass is 275 g/mol. The molecule has 0 atom stereocenters. The molecule has 0 unspecified atom stereocenters. The Morgan fingerprint density at radius 2 is 2.17 bits per heavy atom. The van der Waals surface area contributed by atoms with Crippen LogP contribution in [0.15, 0.2) is 28.3 Å². The predicted octanol–water partition coefficient (Wildman–Crippen LogP) is -0.761. The van der Waals surface area contributed by atoms with Crippen molar-refractivity contribution in [3.63, 3.8) is 0 Å². The third kappa shape index (κ3) is 2.09. The number of carboxylic acid groups (broad SMARTS) is 1. The van der Waals surface area contributed by atoms with Gasteiger partial charge in [-0.25, -0.2) is 4.68 Å². The summed E-state index contributed by atoms with van der Waals surface area (Å²) in [6, 6.07) is 0.817.